The van der Waals surface area contributed by atoms with E-state index in [0.717, 1.165) is 11.1 Å². The van der Waals surface area contributed by atoms with Gasteiger partial charge in [0, 0.05) is 16.9 Å². The maximum absolute atomic E-state index is 12.4. The molecule has 0 unspecified atom stereocenters. The van der Waals surface area contributed by atoms with Crippen molar-refractivity contribution < 1.29 is 9.59 Å². The summed E-state index contributed by atoms with van der Waals surface area (Å²) in [5.74, 6) is -0.370. The predicted molar refractivity (Wildman–Crippen MR) is 104 cm³/mol. The van der Waals surface area contributed by atoms with Crippen LogP contribution in [0, 0.1) is 13.8 Å². The number of nitrogens with one attached hydrogen (secondary N) is 2. The number of nitrogens with zero attached hydrogens (tertiary/aromatic N) is 3. The van der Waals surface area contributed by atoms with Crippen LogP contribution in [0.2, 0.25) is 0 Å². The van der Waals surface area contributed by atoms with E-state index >= 15 is 0 Å². The Labute approximate surface area is 157 Å². The molecule has 0 spiro atoms. The maximum atomic E-state index is 12.4. The van der Waals surface area contributed by atoms with Crippen LogP contribution in [0.5, 0.6) is 0 Å². The summed E-state index contributed by atoms with van der Waals surface area (Å²) in [7, 11) is 0. The van der Waals surface area contributed by atoms with Gasteiger partial charge in [0.1, 0.15) is 18.7 Å². The molecule has 0 aliphatic heterocycles. The zero-order valence-corrected chi connectivity index (χ0v) is 15.4. The third-order valence-corrected chi connectivity index (χ3v) is 4.11. The van der Waals surface area contributed by atoms with E-state index in [-0.39, 0.29) is 11.8 Å². The number of hydrogen-bond acceptors (Lipinski definition) is 4. The van der Waals surface area contributed by atoms with E-state index in [4.69, 9.17) is 0 Å². The molecule has 2 aromatic carbocycles. The highest BCUT2D eigenvalue weighted by Gasteiger charge is 2.15. The number of anilines is 2. The van der Waals surface area contributed by atoms with Crippen molar-refractivity contribution in [1.82, 2.24) is 14.8 Å². The van der Waals surface area contributed by atoms with E-state index in [1.54, 1.807) is 31.2 Å². The molecule has 0 fully saturated rings. The summed E-state index contributed by atoms with van der Waals surface area (Å²) >= 11 is 0. The molecule has 27 heavy (non-hydrogen) atoms. The number of benzene rings is 2. The minimum Gasteiger partial charge on any atom is -0.324 e. The number of hydrogen-bond donors (Lipinski definition) is 2. The molecule has 1 aromatic heterocycles. The van der Waals surface area contributed by atoms with E-state index < -0.39 is 6.04 Å². The van der Waals surface area contributed by atoms with Crippen LogP contribution in [-0.4, -0.2) is 26.6 Å². The summed E-state index contributed by atoms with van der Waals surface area (Å²) in [5.41, 5.74) is 3.99. The Balaban J connectivity index is 1.63. The van der Waals surface area contributed by atoms with Gasteiger partial charge in [-0.05, 0) is 57.2 Å². The minimum absolute atomic E-state index is 0.168. The molecule has 0 radical (unpaired) electrons. The molecule has 7 nitrogen and oxygen atoms in total. The first-order chi connectivity index (χ1) is 12.9. The average molecular weight is 363 g/mol. The molecule has 1 heterocycles. The second-order valence-electron chi connectivity index (χ2n) is 6.45. The van der Waals surface area contributed by atoms with Crippen LogP contribution in [0.3, 0.4) is 0 Å². The van der Waals surface area contributed by atoms with Crippen LogP contribution < -0.4 is 10.6 Å². The Morgan fingerprint density at radius 3 is 2.11 bits per heavy atom. The van der Waals surface area contributed by atoms with Gasteiger partial charge in [0.05, 0.1) is 0 Å². The summed E-state index contributed by atoms with van der Waals surface area (Å²) in [6.07, 6.45) is 2.88. The molecule has 0 saturated heterocycles. The lowest BCUT2D eigenvalue weighted by Gasteiger charge is -2.12. The number of aryl methyl sites for hydroxylation is 2. The van der Waals surface area contributed by atoms with Gasteiger partial charge in [-0.2, -0.15) is 5.10 Å². The second-order valence-corrected chi connectivity index (χ2v) is 6.45. The SMILES string of the molecule is Cc1cc(C)cc(C(=O)Nc2ccc(NC(=O)[C@H](C)n3cncn3)cc2)c1. The van der Waals surface area contributed by atoms with Crippen LogP contribution in [0.15, 0.2) is 55.1 Å². The van der Waals surface area contributed by atoms with Crippen LogP contribution in [0.1, 0.15) is 34.5 Å². The van der Waals surface area contributed by atoms with Crippen molar-refractivity contribution in [3.05, 3.63) is 71.8 Å². The first-order valence-corrected chi connectivity index (χ1v) is 8.57. The molecule has 0 aliphatic carbocycles. The van der Waals surface area contributed by atoms with E-state index in [1.165, 1.54) is 17.3 Å². The second kappa shape index (κ2) is 7.82. The standard InChI is InChI=1S/C20H21N5O2/c1-13-8-14(2)10-16(9-13)20(27)24-18-6-4-17(5-7-18)23-19(26)15(3)25-12-21-11-22-25/h4-12,15H,1-3H3,(H,23,26)(H,24,27)/t15-/m0/s1. The summed E-state index contributed by atoms with van der Waals surface area (Å²) in [6.45, 7) is 5.66. The summed E-state index contributed by atoms with van der Waals surface area (Å²) in [4.78, 5) is 28.5. The van der Waals surface area contributed by atoms with Gasteiger partial charge >= 0.3 is 0 Å². The maximum Gasteiger partial charge on any atom is 0.255 e. The Morgan fingerprint density at radius 2 is 1.56 bits per heavy atom. The van der Waals surface area contributed by atoms with Crippen LogP contribution in [0.25, 0.3) is 0 Å². The lowest BCUT2D eigenvalue weighted by atomic mass is 10.1. The number of carbonyl (C=O) groups excluding carboxylic acids is 2. The Kier molecular flexibility index (Phi) is 5.30. The van der Waals surface area contributed by atoms with E-state index in [0.29, 0.717) is 16.9 Å². The van der Waals surface area contributed by atoms with Crippen molar-refractivity contribution in [3.8, 4) is 0 Å². The van der Waals surface area contributed by atoms with Crippen LogP contribution in [0.4, 0.5) is 11.4 Å². The zero-order chi connectivity index (χ0) is 19.4. The first-order valence-electron chi connectivity index (χ1n) is 8.57. The van der Waals surface area contributed by atoms with Crippen molar-refractivity contribution in [2.24, 2.45) is 0 Å². The molecule has 0 aliphatic rings. The van der Waals surface area contributed by atoms with Gasteiger partial charge in [0.25, 0.3) is 5.91 Å². The third kappa shape index (κ3) is 4.58. The number of carbonyl (C=O) groups is 2. The highest BCUT2D eigenvalue weighted by Crippen LogP contribution is 2.17. The molecule has 1 atom stereocenters. The van der Waals surface area contributed by atoms with Gasteiger partial charge in [-0.3, -0.25) is 9.59 Å². The molecule has 3 rings (SSSR count). The Morgan fingerprint density at radius 1 is 0.963 bits per heavy atom. The van der Waals surface area contributed by atoms with Crippen molar-refractivity contribution in [2.75, 3.05) is 10.6 Å². The minimum atomic E-state index is -0.476. The third-order valence-electron chi connectivity index (χ3n) is 4.11. The molecular formula is C20H21N5O2. The number of amides is 2. The molecule has 2 amide bonds. The van der Waals surface area contributed by atoms with Crippen molar-refractivity contribution in [3.63, 3.8) is 0 Å². The fourth-order valence-corrected chi connectivity index (χ4v) is 2.73. The smallest absolute Gasteiger partial charge is 0.255 e. The Bertz CT molecular complexity index is 929. The Hall–Kier alpha value is -3.48. The van der Waals surface area contributed by atoms with Gasteiger partial charge in [0.2, 0.25) is 5.91 Å². The lowest BCUT2D eigenvalue weighted by Crippen LogP contribution is -2.24. The highest BCUT2D eigenvalue weighted by atomic mass is 16.2. The van der Waals surface area contributed by atoms with Crippen molar-refractivity contribution in [1.29, 1.82) is 0 Å². The fourth-order valence-electron chi connectivity index (χ4n) is 2.73. The zero-order valence-electron chi connectivity index (χ0n) is 15.4. The molecule has 138 valence electrons. The predicted octanol–water partition coefficient (Wildman–Crippen LogP) is 3.35. The molecule has 3 aromatic rings. The summed E-state index contributed by atoms with van der Waals surface area (Å²) < 4.78 is 1.48. The quantitative estimate of drug-likeness (QED) is 0.727. The van der Waals surface area contributed by atoms with Crippen LogP contribution >= 0.6 is 0 Å². The highest BCUT2D eigenvalue weighted by molar-refractivity contribution is 6.04. The van der Waals surface area contributed by atoms with Gasteiger partial charge in [-0.1, -0.05) is 17.2 Å². The van der Waals surface area contributed by atoms with Gasteiger partial charge < -0.3 is 10.6 Å². The number of rotatable bonds is 5. The topological polar surface area (TPSA) is 88.9 Å². The van der Waals surface area contributed by atoms with Crippen molar-refractivity contribution in [2.45, 2.75) is 26.8 Å². The van der Waals surface area contributed by atoms with Gasteiger partial charge in [-0.15, -0.1) is 0 Å². The average Bonchev–Trinajstić information content (AvgIpc) is 3.16. The van der Waals surface area contributed by atoms with Gasteiger partial charge in [-0.25, -0.2) is 9.67 Å². The van der Waals surface area contributed by atoms with Gasteiger partial charge in [0.15, 0.2) is 0 Å². The largest absolute Gasteiger partial charge is 0.324 e. The molecule has 7 heteroatoms. The first kappa shape index (κ1) is 18.3. The van der Waals surface area contributed by atoms with E-state index in [2.05, 4.69) is 20.7 Å². The van der Waals surface area contributed by atoms with Crippen molar-refractivity contribution >= 4 is 23.2 Å². The molecule has 2 N–H and O–H groups in total. The molecule has 0 bridgehead atoms. The van der Waals surface area contributed by atoms with E-state index in [9.17, 15) is 9.59 Å². The van der Waals surface area contributed by atoms with Crippen LogP contribution in [-0.2, 0) is 4.79 Å². The fraction of sp³-hybridized carbons (Fsp3) is 0.200. The van der Waals surface area contributed by atoms with E-state index in [1.807, 2.05) is 32.0 Å². The molecule has 0 saturated carbocycles. The lowest BCUT2D eigenvalue weighted by molar-refractivity contribution is -0.119. The normalized spacial score (nSPS) is 11.7. The monoisotopic (exact) mass is 363 g/mol. The summed E-state index contributed by atoms with van der Waals surface area (Å²) in [5, 5.41) is 9.65. The number of aromatic nitrogens is 3. The summed E-state index contributed by atoms with van der Waals surface area (Å²) in [6, 6.07) is 12.2. The molecular weight excluding hydrogens is 342 g/mol.